The van der Waals surface area contributed by atoms with Crippen LogP contribution in [0.1, 0.15) is 30.6 Å². The highest BCUT2D eigenvalue weighted by atomic mass is 16.5. The molecule has 0 aliphatic carbocycles. The van der Waals surface area contributed by atoms with E-state index in [9.17, 15) is 9.90 Å². The van der Waals surface area contributed by atoms with Gasteiger partial charge >= 0.3 is 5.97 Å². The average molecular weight is 368 g/mol. The average Bonchev–Trinajstić information content (AvgIpc) is 3.05. The number of rotatable bonds is 1. The number of methoxy groups -OCH3 is 1. The van der Waals surface area contributed by atoms with E-state index in [2.05, 4.69) is 16.8 Å². The van der Waals surface area contributed by atoms with Crippen LogP contribution in [-0.4, -0.2) is 47.3 Å². The molecule has 4 heterocycles. The number of phenolic OH excluding ortho intramolecular Hbond substituents is 1. The topological polar surface area (TPSA) is 74.8 Å². The van der Waals surface area contributed by atoms with Gasteiger partial charge in [-0.15, -0.1) is 0 Å². The summed E-state index contributed by atoms with van der Waals surface area (Å²) in [7, 11) is 1.42. The lowest BCUT2D eigenvalue weighted by Crippen LogP contribution is -2.51. The van der Waals surface area contributed by atoms with Crippen molar-refractivity contribution in [2.24, 2.45) is 11.8 Å². The monoisotopic (exact) mass is 368 g/mol. The van der Waals surface area contributed by atoms with Crippen LogP contribution in [0.4, 0.5) is 0 Å². The van der Waals surface area contributed by atoms with Gasteiger partial charge in [0.05, 0.1) is 31.1 Å². The van der Waals surface area contributed by atoms with Gasteiger partial charge in [0.1, 0.15) is 5.75 Å². The second-order valence-corrected chi connectivity index (χ2v) is 7.92. The summed E-state index contributed by atoms with van der Waals surface area (Å²) < 4.78 is 10.8. The van der Waals surface area contributed by atoms with Crippen molar-refractivity contribution in [1.29, 1.82) is 0 Å². The minimum Gasteiger partial charge on any atom is -0.508 e. The number of aromatic amines is 1. The van der Waals surface area contributed by atoms with Crippen LogP contribution in [0.15, 0.2) is 30.0 Å². The number of carbonyl (C=O) groups excluding carboxylic acids is 1. The molecule has 27 heavy (non-hydrogen) atoms. The number of hydrogen-bond donors (Lipinski definition) is 2. The summed E-state index contributed by atoms with van der Waals surface area (Å²) in [5, 5.41) is 11.0. The number of aromatic hydroxyl groups is 1. The molecule has 1 unspecified atom stereocenters. The number of benzene rings is 1. The van der Waals surface area contributed by atoms with Gasteiger partial charge in [0, 0.05) is 41.5 Å². The molecule has 0 spiro atoms. The molecule has 6 nitrogen and oxygen atoms in total. The number of esters is 1. The van der Waals surface area contributed by atoms with Crippen molar-refractivity contribution in [3.63, 3.8) is 0 Å². The zero-order chi connectivity index (χ0) is 18.7. The molecule has 4 atom stereocenters. The van der Waals surface area contributed by atoms with Gasteiger partial charge in [-0.1, -0.05) is 0 Å². The van der Waals surface area contributed by atoms with Gasteiger partial charge < -0.3 is 19.6 Å². The van der Waals surface area contributed by atoms with Crippen molar-refractivity contribution < 1.29 is 19.4 Å². The number of piperidine rings is 1. The molecule has 5 rings (SSSR count). The number of H-pyrrole nitrogens is 1. The van der Waals surface area contributed by atoms with Gasteiger partial charge in [-0.25, -0.2) is 4.79 Å². The summed E-state index contributed by atoms with van der Waals surface area (Å²) in [6, 6.07) is 5.75. The highest BCUT2D eigenvalue weighted by molar-refractivity contribution is 5.89. The van der Waals surface area contributed by atoms with Gasteiger partial charge in [-0.2, -0.15) is 0 Å². The van der Waals surface area contributed by atoms with Crippen LogP contribution in [0, 0.1) is 11.8 Å². The van der Waals surface area contributed by atoms with Gasteiger partial charge in [0.2, 0.25) is 0 Å². The largest absolute Gasteiger partial charge is 0.508 e. The Morgan fingerprint density at radius 3 is 3.07 bits per heavy atom. The standard InChI is InChI=1S/C21H24N2O4/c1-11-16-9-23-6-5-13-15-7-12(24)3-4-18(15)22-20(13)19(23)8-14(16)17(10-27-11)21(25)26-2/h3-4,7,10-11,14,16,19,22,24H,5-6,8-9H2,1-2H3/t11-,14?,16+,19+/m0/s1. The van der Waals surface area contributed by atoms with E-state index in [1.165, 1.54) is 18.4 Å². The Morgan fingerprint density at radius 1 is 1.41 bits per heavy atom. The Balaban J connectivity index is 1.55. The molecule has 1 fully saturated rings. The van der Waals surface area contributed by atoms with E-state index >= 15 is 0 Å². The van der Waals surface area contributed by atoms with Crippen LogP contribution in [0.3, 0.4) is 0 Å². The fourth-order valence-electron chi connectivity index (χ4n) is 5.22. The second kappa shape index (κ2) is 6.02. The molecule has 0 radical (unpaired) electrons. The molecule has 1 aromatic heterocycles. The first kappa shape index (κ1) is 16.7. The first-order chi connectivity index (χ1) is 13.1. The van der Waals surface area contributed by atoms with Gasteiger partial charge in [0.15, 0.2) is 0 Å². The molecule has 1 aromatic carbocycles. The molecule has 6 heteroatoms. The van der Waals surface area contributed by atoms with E-state index in [0.29, 0.717) is 11.3 Å². The van der Waals surface area contributed by atoms with Gasteiger partial charge in [-0.05, 0) is 43.5 Å². The highest BCUT2D eigenvalue weighted by Crippen LogP contribution is 2.47. The molecule has 1 saturated heterocycles. The maximum absolute atomic E-state index is 12.3. The molecule has 3 aliphatic heterocycles. The van der Waals surface area contributed by atoms with Crippen LogP contribution in [0.5, 0.6) is 5.75 Å². The van der Waals surface area contributed by atoms with Crippen molar-refractivity contribution in [1.82, 2.24) is 9.88 Å². The van der Waals surface area contributed by atoms with E-state index in [1.54, 1.807) is 12.3 Å². The van der Waals surface area contributed by atoms with Gasteiger partial charge in [0.25, 0.3) is 0 Å². The number of carbonyl (C=O) groups is 1. The quantitative estimate of drug-likeness (QED) is 0.757. The number of nitrogens with zero attached hydrogens (tertiary/aromatic N) is 1. The predicted molar refractivity (Wildman–Crippen MR) is 100 cm³/mol. The Morgan fingerprint density at radius 2 is 2.26 bits per heavy atom. The Labute approximate surface area is 157 Å². The summed E-state index contributed by atoms with van der Waals surface area (Å²) in [6.07, 6.45) is 3.53. The lowest BCUT2D eigenvalue weighted by molar-refractivity contribution is -0.139. The first-order valence-electron chi connectivity index (χ1n) is 9.58. The Bertz CT molecular complexity index is 947. The smallest absolute Gasteiger partial charge is 0.337 e. The Kier molecular flexibility index (Phi) is 3.72. The van der Waals surface area contributed by atoms with Crippen LogP contribution < -0.4 is 0 Å². The molecule has 2 N–H and O–H groups in total. The molecule has 0 bridgehead atoms. The first-order valence-corrected chi connectivity index (χ1v) is 9.58. The summed E-state index contributed by atoms with van der Waals surface area (Å²) >= 11 is 0. The molecule has 142 valence electrons. The van der Waals surface area contributed by atoms with E-state index in [-0.39, 0.29) is 30.0 Å². The number of ether oxygens (including phenoxy) is 2. The third-order valence-electron chi connectivity index (χ3n) is 6.62. The zero-order valence-electron chi connectivity index (χ0n) is 15.6. The maximum Gasteiger partial charge on any atom is 0.337 e. The molecular formula is C21H24N2O4. The van der Waals surface area contributed by atoms with E-state index in [4.69, 9.17) is 9.47 Å². The lowest BCUT2D eigenvalue weighted by Gasteiger charge is -2.49. The highest BCUT2D eigenvalue weighted by Gasteiger charge is 2.46. The molecule has 2 aromatic rings. The van der Waals surface area contributed by atoms with E-state index in [0.717, 1.165) is 36.8 Å². The van der Waals surface area contributed by atoms with E-state index < -0.39 is 0 Å². The second-order valence-electron chi connectivity index (χ2n) is 7.92. The fourth-order valence-corrected chi connectivity index (χ4v) is 5.22. The maximum atomic E-state index is 12.3. The van der Waals surface area contributed by atoms with Crippen LogP contribution in [0.2, 0.25) is 0 Å². The summed E-state index contributed by atoms with van der Waals surface area (Å²) in [5.41, 5.74) is 4.24. The zero-order valence-corrected chi connectivity index (χ0v) is 15.6. The summed E-state index contributed by atoms with van der Waals surface area (Å²) in [4.78, 5) is 18.4. The Hall–Kier alpha value is -2.47. The normalized spacial score (nSPS) is 29.9. The molecule has 0 saturated carbocycles. The predicted octanol–water partition coefficient (Wildman–Crippen LogP) is 2.88. The lowest BCUT2D eigenvalue weighted by atomic mass is 9.72. The molecular weight excluding hydrogens is 344 g/mol. The van der Waals surface area contributed by atoms with Crippen molar-refractivity contribution in [3.05, 3.63) is 41.3 Å². The SMILES string of the molecule is COC(=O)C1=CO[C@@H](C)[C@H]2CN3CCc4c([nH]c5ccc(O)cc45)[C@H]3CC12. The van der Waals surface area contributed by atoms with Gasteiger partial charge in [-0.3, -0.25) is 4.90 Å². The van der Waals surface area contributed by atoms with Crippen molar-refractivity contribution in [3.8, 4) is 5.75 Å². The van der Waals surface area contributed by atoms with E-state index in [1.807, 2.05) is 12.1 Å². The summed E-state index contributed by atoms with van der Waals surface area (Å²) in [6.45, 7) is 3.97. The van der Waals surface area contributed by atoms with Crippen molar-refractivity contribution >= 4 is 16.9 Å². The van der Waals surface area contributed by atoms with Crippen molar-refractivity contribution in [2.75, 3.05) is 20.2 Å². The number of aromatic nitrogens is 1. The van der Waals surface area contributed by atoms with Crippen LogP contribution in [0.25, 0.3) is 10.9 Å². The third-order valence-corrected chi connectivity index (χ3v) is 6.62. The number of fused-ring (bicyclic) bond motifs is 6. The third kappa shape index (κ3) is 2.46. The van der Waals surface area contributed by atoms with Crippen molar-refractivity contribution in [2.45, 2.75) is 31.9 Å². The minimum absolute atomic E-state index is 0.0883. The van der Waals surface area contributed by atoms with Crippen LogP contribution in [-0.2, 0) is 20.7 Å². The summed E-state index contributed by atoms with van der Waals surface area (Å²) in [5.74, 6) is 0.427. The number of nitrogens with one attached hydrogen (secondary N) is 1. The minimum atomic E-state index is -0.289. The number of hydrogen-bond acceptors (Lipinski definition) is 5. The fraction of sp³-hybridized carbons (Fsp3) is 0.476. The van der Waals surface area contributed by atoms with Crippen LogP contribution >= 0.6 is 0 Å². The number of phenols is 1. The molecule has 3 aliphatic rings. The molecule has 0 amide bonds.